The van der Waals surface area contributed by atoms with Crippen LogP contribution in [0.2, 0.25) is 0 Å². The Morgan fingerprint density at radius 1 is 1.31 bits per heavy atom. The molecule has 1 aromatic heterocycles. The number of hydrogen-bond donors (Lipinski definition) is 2. The molecule has 0 aromatic carbocycles. The fourth-order valence-electron chi connectivity index (χ4n) is 0.957. The minimum absolute atomic E-state index is 0.0330. The van der Waals surface area contributed by atoms with Crippen LogP contribution >= 0.6 is 11.8 Å². The Labute approximate surface area is 82.4 Å². The van der Waals surface area contributed by atoms with Gasteiger partial charge in [-0.25, -0.2) is 0 Å². The van der Waals surface area contributed by atoms with E-state index in [1.807, 2.05) is 0 Å². The summed E-state index contributed by atoms with van der Waals surface area (Å²) in [6.07, 6.45) is 0. The van der Waals surface area contributed by atoms with Crippen LogP contribution < -0.4 is 0 Å². The molecule has 0 bridgehead atoms. The third-order valence-corrected chi connectivity index (χ3v) is 2.69. The molecule has 0 aliphatic carbocycles. The van der Waals surface area contributed by atoms with Crippen LogP contribution in [0.25, 0.3) is 0 Å². The van der Waals surface area contributed by atoms with Gasteiger partial charge in [-0.15, -0.1) is 11.8 Å². The Kier molecular flexibility index (Phi) is 2.52. The summed E-state index contributed by atoms with van der Waals surface area (Å²) in [7, 11) is 1.62. The highest BCUT2D eigenvalue weighted by atomic mass is 32.2. The molecule has 0 amide bonds. The maximum absolute atomic E-state index is 9.56. The highest BCUT2D eigenvalue weighted by molar-refractivity contribution is 8.00. The van der Waals surface area contributed by atoms with E-state index in [1.54, 1.807) is 13.1 Å². The lowest BCUT2D eigenvalue weighted by Gasteiger charge is -2.16. The molecule has 0 saturated carbocycles. The monoisotopic (exact) mass is 201 g/mol. The van der Waals surface area contributed by atoms with Crippen LogP contribution in [0, 0.1) is 0 Å². The predicted octanol–water partition coefficient (Wildman–Crippen LogP) is 2.33. The lowest BCUT2D eigenvalue weighted by Crippen LogP contribution is -2.06. The number of hydrogen-bond acceptors (Lipinski definition) is 3. The maximum atomic E-state index is 9.56. The Hall–Kier alpha value is -0.770. The molecule has 1 rings (SSSR count). The molecule has 74 valence electrons. The molecule has 0 spiro atoms. The van der Waals surface area contributed by atoms with Crippen LogP contribution in [0.5, 0.6) is 11.8 Å². The molecule has 1 aromatic rings. The summed E-state index contributed by atoms with van der Waals surface area (Å²) in [6.45, 7) is 6.17. The second-order valence-electron chi connectivity index (χ2n) is 3.96. The third kappa shape index (κ3) is 2.34. The molecule has 0 radical (unpaired) electrons. The van der Waals surface area contributed by atoms with Gasteiger partial charge in [0.25, 0.3) is 0 Å². The van der Waals surface area contributed by atoms with Crippen LogP contribution in [0.1, 0.15) is 20.8 Å². The number of aromatic hydroxyl groups is 2. The molecule has 0 aliphatic heterocycles. The Balaban J connectivity index is 2.97. The minimum atomic E-state index is 0.0330. The highest BCUT2D eigenvalue weighted by Crippen LogP contribution is 2.40. The first kappa shape index (κ1) is 10.3. The first-order chi connectivity index (χ1) is 5.81. The van der Waals surface area contributed by atoms with Gasteiger partial charge in [0.1, 0.15) is 0 Å². The van der Waals surface area contributed by atoms with Gasteiger partial charge in [-0.1, -0.05) is 20.8 Å². The SMILES string of the molecule is Cn1c(O)cc(SC(C)(C)C)c1O. The lowest BCUT2D eigenvalue weighted by molar-refractivity contribution is 0.382. The zero-order chi connectivity index (χ0) is 10.2. The molecular weight excluding hydrogens is 186 g/mol. The molecule has 1 heterocycles. The standard InChI is InChI=1S/C9H15NO2S/c1-9(2,3)13-6-5-7(11)10(4)8(6)12/h5,11-12H,1-4H3. The van der Waals surface area contributed by atoms with Crippen molar-refractivity contribution in [3.05, 3.63) is 6.07 Å². The highest BCUT2D eigenvalue weighted by Gasteiger charge is 2.18. The molecule has 13 heavy (non-hydrogen) atoms. The Morgan fingerprint density at radius 3 is 2.15 bits per heavy atom. The van der Waals surface area contributed by atoms with E-state index >= 15 is 0 Å². The Morgan fingerprint density at radius 2 is 1.85 bits per heavy atom. The van der Waals surface area contributed by atoms with Crippen molar-refractivity contribution in [2.75, 3.05) is 0 Å². The largest absolute Gasteiger partial charge is 0.494 e. The van der Waals surface area contributed by atoms with Gasteiger partial charge < -0.3 is 10.2 Å². The van der Waals surface area contributed by atoms with Crippen LogP contribution in [-0.2, 0) is 7.05 Å². The van der Waals surface area contributed by atoms with E-state index in [2.05, 4.69) is 20.8 Å². The number of rotatable bonds is 1. The molecule has 0 aliphatic rings. The van der Waals surface area contributed by atoms with Crippen LogP contribution in [0.4, 0.5) is 0 Å². The van der Waals surface area contributed by atoms with Gasteiger partial charge in [0.05, 0.1) is 4.90 Å². The fraction of sp³-hybridized carbons (Fsp3) is 0.556. The van der Waals surface area contributed by atoms with Gasteiger partial charge in [-0.3, -0.25) is 4.57 Å². The summed E-state index contributed by atoms with van der Waals surface area (Å²) in [6, 6.07) is 1.57. The summed E-state index contributed by atoms with van der Waals surface area (Å²) in [5, 5.41) is 18.9. The van der Waals surface area contributed by atoms with Crippen molar-refractivity contribution in [3.63, 3.8) is 0 Å². The van der Waals surface area contributed by atoms with E-state index < -0.39 is 0 Å². The van der Waals surface area contributed by atoms with Gasteiger partial charge in [0, 0.05) is 17.9 Å². The second-order valence-corrected chi connectivity index (χ2v) is 5.83. The maximum Gasteiger partial charge on any atom is 0.207 e. The number of nitrogens with zero attached hydrogens (tertiary/aromatic N) is 1. The number of thioether (sulfide) groups is 1. The van der Waals surface area contributed by atoms with Crippen molar-refractivity contribution in [2.24, 2.45) is 7.05 Å². The van der Waals surface area contributed by atoms with Crippen LogP contribution in [0.3, 0.4) is 0 Å². The van der Waals surface area contributed by atoms with E-state index in [-0.39, 0.29) is 16.5 Å². The molecule has 0 unspecified atom stereocenters. The summed E-state index contributed by atoms with van der Waals surface area (Å²) < 4.78 is 1.39. The lowest BCUT2D eigenvalue weighted by atomic mass is 10.3. The quantitative estimate of drug-likeness (QED) is 0.685. The van der Waals surface area contributed by atoms with E-state index in [0.29, 0.717) is 4.90 Å². The van der Waals surface area contributed by atoms with E-state index in [1.165, 1.54) is 16.3 Å². The molecule has 0 fully saturated rings. The van der Waals surface area contributed by atoms with Crippen LogP contribution in [0.15, 0.2) is 11.0 Å². The minimum Gasteiger partial charge on any atom is -0.494 e. The third-order valence-electron chi connectivity index (χ3n) is 1.56. The molecule has 3 nitrogen and oxygen atoms in total. The average Bonchev–Trinajstić information content (AvgIpc) is 2.15. The first-order valence-corrected chi connectivity index (χ1v) is 4.89. The van der Waals surface area contributed by atoms with E-state index in [9.17, 15) is 10.2 Å². The zero-order valence-electron chi connectivity index (χ0n) is 8.33. The van der Waals surface area contributed by atoms with Gasteiger partial charge in [-0.2, -0.15) is 0 Å². The fourth-order valence-corrected chi connectivity index (χ4v) is 2.01. The van der Waals surface area contributed by atoms with E-state index in [4.69, 9.17) is 0 Å². The number of aromatic nitrogens is 1. The van der Waals surface area contributed by atoms with Crippen molar-refractivity contribution in [2.45, 2.75) is 30.4 Å². The first-order valence-electron chi connectivity index (χ1n) is 4.08. The summed E-state index contributed by atoms with van der Waals surface area (Å²) in [5.41, 5.74) is 0. The smallest absolute Gasteiger partial charge is 0.207 e. The second kappa shape index (κ2) is 3.18. The topological polar surface area (TPSA) is 45.4 Å². The summed E-state index contributed by atoms with van der Waals surface area (Å²) in [5.74, 6) is 0.210. The van der Waals surface area contributed by atoms with Gasteiger partial charge in [0.15, 0.2) is 5.88 Å². The van der Waals surface area contributed by atoms with Gasteiger partial charge in [0.2, 0.25) is 5.88 Å². The Bertz CT molecular complexity index is 312. The van der Waals surface area contributed by atoms with Crippen molar-refractivity contribution in [1.82, 2.24) is 4.57 Å². The van der Waals surface area contributed by atoms with Crippen molar-refractivity contribution >= 4 is 11.8 Å². The molecular formula is C9H15NO2S. The van der Waals surface area contributed by atoms with Gasteiger partial charge in [-0.05, 0) is 0 Å². The predicted molar refractivity (Wildman–Crippen MR) is 54.4 cm³/mol. The molecule has 0 atom stereocenters. The van der Waals surface area contributed by atoms with Gasteiger partial charge >= 0.3 is 0 Å². The van der Waals surface area contributed by atoms with E-state index in [0.717, 1.165) is 0 Å². The van der Waals surface area contributed by atoms with Crippen molar-refractivity contribution in [1.29, 1.82) is 0 Å². The normalized spacial score (nSPS) is 12.0. The average molecular weight is 201 g/mol. The van der Waals surface area contributed by atoms with Crippen molar-refractivity contribution < 1.29 is 10.2 Å². The summed E-state index contributed by atoms with van der Waals surface area (Å²) >= 11 is 1.53. The molecule has 4 heteroatoms. The summed E-state index contributed by atoms with van der Waals surface area (Å²) in [4.78, 5) is 0.715. The molecule has 0 saturated heterocycles. The molecule has 2 N–H and O–H groups in total. The van der Waals surface area contributed by atoms with Crippen LogP contribution in [-0.4, -0.2) is 19.5 Å². The van der Waals surface area contributed by atoms with Crippen molar-refractivity contribution in [3.8, 4) is 11.8 Å². The zero-order valence-corrected chi connectivity index (χ0v) is 9.14.